The van der Waals surface area contributed by atoms with Gasteiger partial charge in [-0.3, -0.25) is 4.79 Å². The molecule has 0 saturated heterocycles. The molecule has 0 spiro atoms. The molecule has 0 radical (unpaired) electrons. The molecule has 0 bridgehead atoms. The van der Waals surface area contributed by atoms with E-state index in [1.807, 2.05) is 6.26 Å². The Labute approximate surface area is 205 Å². The van der Waals surface area contributed by atoms with Crippen molar-refractivity contribution in [3.63, 3.8) is 0 Å². The van der Waals surface area contributed by atoms with E-state index in [4.69, 9.17) is 0 Å². The van der Waals surface area contributed by atoms with Crippen LogP contribution in [0.15, 0.2) is 55.5 Å². The van der Waals surface area contributed by atoms with Crippen LogP contribution >= 0.6 is 11.8 Å². The molecule has 0 aliphatic carbocycles. The predicted molar refractivity (Wildman–Crippen MR) is 137 cm³/mol. The Kier molecular flexibility index (Phi) is 7.36. The number of H-pyrrole nitrogens is 2. The highest BCUT2D eigenvalue weighted by Gasteiger charge is 2.22. The monoisotopic (exact) mass is 492 g/mol. The van der Waals surface area contributed by atoms with Gasteiger partial charge in [-0.1, -0.05) is 36.9 Å². The number of hydrogen-bond donors (Lipinski definition) is 4. The number of nitrogens with zero attached hydrogens (tertiary/aromatic N) is 1. The summed E-state index contributed by atoms with van der Waals surface area (Å²) < 4.78 is 14.7. The molecule has 180 valence electrons. The van der Waals surface area contributed by atoms with E-state index in [-0.39, 0.29) is 23.8 Å². The third-order valence-corrected chi connectivity index (χ3v) is 6.32. The van der Waals surface area contributed by atoms with Crippen molar-refractivity contribution in [3.8, 4) is 11.1 Å². The normalized spacial score (nSPS) is 11.0. The number of aromatic carboxylic acids is 1. The minimum absolute atomic E-state index is 0.0405. The molecule has 4 N–H and O–H groups in total. The molecule has 4 aromatic rings. The molecule has 0 fully saturated rings. The van der Waals surface area contributed by atoms with Gasteiger partial charge >= 0.3 is 5.97 Å². The van der Waals surface area contributed by atoms with Gasteiger partial charge in [0.25, 0.3) is 0 Å². The number of nitrogens with one attached hydrogen (secondary N) is 3. The maximum atomic E-state index is 14.7. The van der Waals surface area contributed by atoms with Crippen LogP contribution < -0.4 is 5.32 Å². The maximum Gasteiger partial charge on any atom is 0.352 e. The van der Waals surface area contributed by atoms with Crippen molar-refractivity contribution >= 4 is 40.1 Å². The Morgan fingerprint density at radius 3 is 2.77 bits per heavy atom. The number of hydrogen-bond acceptors (Lipinski definition) is 4. The quantitative estimate of drug-likeness (QED) is 0.248. The Balaban J connectivity index is 1.62. The second-order valence-corrected chi connectivity index (χ2v) is 8.97. The molecule has 0 saturated carbocycles. The van der Waals surface area contributed by atoms with E-state index in [2.05, 4.69) is 26.8 Å². The second-order valence-electron chi connectivity index (χ2n) is 8.10. The van der Waals surface area contributed by atoms with Gasteiger partial charge in [0.15, 0.2) is 0 Å². The van der Waals surface area contributed by atoms with Gasteiger partial charge in [-0.25, -0.2) is 14.2 Å². The van der Waals surface area contributed by atoms with Gasteiger partial charge in [0, 0.05) is 47.1 Å². The summed E-state index contributed by atoms with van der Waals surface area (Å²) in [7, 11) is 0. The number of para-hydroxylation sites is 1. The minimum atomic E-state index is -1.15. The molecular formula is C26H25FN4O3S. The standard InChI is InChI=1S/C26H25FN4O3S/c1-15(10-22(32)29-9-8-18-12-28-14-30-18)19-4-3-5-20-23(25(26(33)34)31-24(19)20)16-6-7-17(13-35-2)21(27)11-16/h3-7,11-12,14,31H,1,8-10,13H2,2H3,(H,28,30)(H,29,32)(H,33,34). The maximum absolute atomic E-state index is 14.7. The van der Waals surface area contributed by atoms with Gasteiger partial charge in [-0.05, 0) is 29.0 Å². The summed E-state index contributed by atoms with van der Waals surface area (Å²) in [4.78, 5) is 34.5. The van der Waals surface area contributed by atoms with Crippen molar-refractivity contribution in [1.82, 2.24) is 20.3 Å². The highest BCUT2D eigenvalue weighted by molar-refractivity contribution is 7.97. The summed E-state index contributed by atoms with van der Waals surface area (Å²) in [6.07, 6.45) is 5.86. The molecule has 2 aromatic heterocycles. The fourth-order valence-corrected chi connectivity index (χ4v) is 4.60. The van der Waals surface area contributed by atoms with Gasteiger partial charge in [-0.2, -0.15) is 11.8 Å². The number of halogens is 1. The first-order valence-corrected chi connectivity index (χ1v) is 12.4. The number of thioether (sulfide) groups is 1. The second kappa shape index (κ2) is 10.6. The zero-order chi connectivity index (χ0) is 24.9. The lowest BCUT2D eigenvalue weighted by atomic mass is 9.97. The third-order valence-electron chi connectivity index (χ3n) is 5.72. The van der Waals surface area contributed by atoms with Crippen molar-refractivity contribution in [3.05, 3.63) is 83.8 Å². The van der Waals surface area contributed by atoms with Crippen LogP contribution in [0.25, 0.3) is 27.6 Å². The molecular weight excluding hydrogens is 467 g/mol. The number of aromatic nitrogens is 3. The number of rotatable bonds is 10. The number of carbonyl (C=O) groups excluding carboxylic acids is 1. The van der Waals surface area contributed by atoms with Crippen LogP contribution in [0.4, 0.5) is 4.39 Å². The van der Waals surface area contributed by atoms with Crippen LogP contribution in [0.2, 0.25) is 0 Å². The summed E-state index contributed by atoms with van der Waals surface area (Å²) in [6, 6.07) is 10.1. The molecule has 4 rings (SSSR count). The number of aromatic amines is 2. The Morgan fingerprint density at radius 2 is 2.09 bits per heavy atom. The number of fused-ring (bicyclic) bond motifs is 1. The topological polar surface area (TPSA) is 111 Å². The fourth-order valence-electron chi connectivity index (χ4n) is 4.06. The molecule has 9 heteroatoms. The molecule has 35 heavy (non-hydrogen) atoms. The van der Waals surface area contributed by atoms with Crippen LogP contribution in [-0.2, 0) is 17.0 Å². The van der Waals surface area contributed by atoms with Gasteiger partial charge in [-0.15, -0.1) is 0 Å². The largest absolute Gasteiger partial charge is 0.477 e. The van der Waals surface area contributed by atoms with E-state index in [1.165, 1.54) is 17.8 Å². The van der Waals surface area contributed by atoms with Crippen molar-refractivity contribution < 1.29 is 19.1 Å². The number of carboxylic acids is 1. The van der Waals surface area contributed by atoms with E-state index in [0.717, 1.165) is 5.69 Å². The Bertz CT molecular complexity index is 1400. The summed E-state index contributed by atoms with van der Waals surface area (Å²) in [5.41, 5.74) is 4.04. The molecule has 0 aliphatic rings. The summed E-state index contributed by atoms with van der Waals surface area (Å²) >= 11 is 1.51. The Morgan fingerprint density at radius 1 is 1.26 bits per heavy atom. The first-order valence-electron chi connectivity index (χ1n) is 11.0. The van der Waals surface area contributed by atoms with Crippen molar-refractivity contribution in [2.45, 2.75) is 18.6 Å². The number of carboxylic acid groups (broad SMARTS) is 1. The number of amides is 1. The SMILES string of the molecule is C=C(CC(=O)NCCc1cnc[nH]1)c1cccc2c(-c3ccc(CSC)c(F)c3)c(C(=O)O)[nH]c12. The average Bonchev–Trinajstić information content (AvgIpc) is 3.48. The lowest BCUT2D eigenvalue weighted by Crippen LogP contribution is -2.25. The van der Waals surface area contributed by atoms with E-state index < -0.39 is 5.97 Å². The van der Waals surface area contributed by atoms with E-state index >= 15 is 0 Å². The van der Waals surface area contributed by atoms with E-state index in [1.54, 1.807) is 42.9 Å². The van der Waals surface area contributed by atoms with Crippen LogP contribution in [0.5, 0.6) is 0 Å². The van der Waals surface area contributed by atoms with Gasteiger partial charge < -0.3 is 20.4 Å². The van der Waals surface area contributed by atoms with Gasteiger partial charge in [0.2, 0.25) is 5.91 Å². The number of benzene rings is 2. The van der Waals surface area contributed by atoms with Crippen molar-refractivity contribution in [1.29, 1.82) is 0 Å². The fraction of sp³-hybridized carbons (Fsp3) is 0.192. The van der Waals surface area contributed by atoms with E-state index in [9.17, 15) is 19.1 Å². The zero-order valence-corrected chi connectivity index (χ0v) is 20.0. The molecule has 2 heterocycles. The highest BCUT2D eigenvalue weighted by Crippen LogP contribution is 2.37. The number of carbonyl (C=O) groups is 2. The minimum Gasteiger partial charge on any atom is -0.477 e. The molecule has 7 nitrogen and oxygen atoms in total. The molecule has 2 aromatic carbocycles. The first-order chi connectivity index (χ1) is 16.9. The molecule has 0 aliphatic heterocycles. The Hall–Kier alpha value is -3.85. The van der Waals surface area contributed by atoms with Crippen molar-refractivity contribution in [2.24, 2.45) is 0 Å². The lowest BCUT2D eigenvalue weighted by molar-refractivity contribution is -0.120. The predicted octanol–water partition coefficient (Wildman–Crippen LogP) is 5.02. The van der Waals surface area contributed by atoms with Gasteiger partial charge in [0.1, 0.15) is 11.5 Å². The van der Waals surface area contributed by atoms with Crippen molar-refractivity contribution in [2.75, 3.05) is 12.8 Å². The van der Waals surface area contributed by atoms with Gasteiger partial charge in [0.05, 0.1) is 18.3 Å². The van der Waals surface area contributed by atoms with Crippen LogP contribution in [0, 0.1) is 5.82 Å². The summed E-state index contributed by atoms with van der Waals surface area (Å²) in [5.74, 6) is -1.20. The molecule has 0 atom stereocenters. The van der Waals surface area contributed by atoms with Crippen LogP contribution in [0.1, 0.15) is 33.7 Å². The number of imidazole rings is 1. The lowest BCUT2D eigenvalue weighted by Gasteiger charge is -2.09. The molecule has 1 amide bonds. The summed E-state index contributed by atoms with van der Waals surface area (Å²) in [5, 5.41) is 13.3. The summed E-state index contributed by atoms with van der Waals surface area (Å²) in [6.45, 7) is 4.52. The zero-order valence-electron chi connectivity index (χ0n) is 19.2. The third kappa shape index (κ3) is 5.30. The smallest absolute Gasteiger partial charge is 0.352 e. The van der Waals surface area contributed by atoms with E-state index in [0.29, 0.717) is 57.4 Å². The van der Waals surface area contributed by atoms with Crippen LogP contribution in [-0.4, -0.2) is 44.7 Å². The van der Waals surface area contributed by atoms with Crippen LogP contribution in [0.3, 0.4) is 0 Å². The average molecular weight is 493 g/mol. The first kappa shape index (κ1) is 24.3. The highest BCUT2D eigenvalue weighted by atomic mass is 32.2. The molecule has 0 unspecified atom stereocenters.